The van der Waals surface area contributed by atoms with E-state index in [9.17, 15) is 36.2 Å². The number of fused-ring (bicyclic) bond motifs is 1. The van der Waals surface area contributed by atoms with Crippen LogP contribution in [0.3, 0.4) is 0 Å². The molecule has 0 saturated heterocycles. The first-order chi connectivity index (χ1) is 18.5. The standard InChI is InChI=1S/C19H19N5O2.2C2HF3O2/c1-23-16(4-8-22-23)18-17(19(25)26)15-5-9-24(12-14(15)10-21-18)11-13-2-6-20-7-3-13;2*3-2(4,5)1(6)7/h2-4,6-8,10H,5,9,11-12H2,1H3,(H,25,26);2*(H,6,7). The Bertz CT molecular complexity index is 1320. The van der Waals surface area contributed by atoms with Crippen LogP contribution in [0.2, 0.25) is 0 Å². The van der Waals surface area contributed by atoms with Gasteiger partial charge in [0.1, 0.15) is 5.69 Å². The summed E-state index contributed by atoms with van der Waals surface area (Å²) in [5.74, 6) is -6.45. The number of carboxylic acid groups (broad SMARTS) is 3. The topological polar surface area (TPSA) is 159 Å². The maximum atomic E-state index is 12.0. The molecule has 0 amide bonds. The van der Waals surface area contributed by atoms with Gasteiger partial charge in [0.25, 0.3) is 0 Å². The lowest BCUT2D eigenvalue weighted by Crippen LogP contribution is -2.31. The molecular weight excluding hydrogens is 556 g/mol. The highest BCUT2D eigenvalue weighted by molar-refractivity contribution is 5.96. The number of carbonyl (C=O) groups is 3. The van der Waals surface area contributed by atoms with Gasteiger partial charge in [-0.25, -0.2) is 14.4 Å². The first-order valence-electron chi connectivity index (χ1n) is 11.0. The normalized spacial score (nSPS) is 13.2. The second kappa shape index (κ2) is 13.0. The van der Waals surface area contributed by atoms with Crippen LogP contribution in [0.25, 0.3) is 11.4 Å². The van der Waals surface area contributed by atoms with Gasteiger partial charge in [-0.2, -0.15) is 31.4 Å². The third-order valence-electron chi connectivity index (χ3n) is 5.27. The van der Waals surface area contributed by atoms with Crippen LogP contribution in [-0.4, -0.2) is 76.8 Å². The van der Waals surface area contributed by atoms with Crippen LogP contribution in [0.4, 0.5) is 26.3 Å². The summed E-state index contributed by atoms with van der Waals surface area (Å²) in [6.45, 7) is 2.31. The summed E-state index contributed by atoms with van der Waals surface area (Å²) >= 11 is 0. The second-order valence-corrected chi connectivity index (χ2v) is 8.05. The van der Waals surface area contributed by atoms with E-state index in [2.05, 4.69) is 20.0 Å². The third kappa shape index (κ3) is 8.75. The van der Waals surface area contributed by atoms with Gasteiger partial charge in [0, 0.05) is 51.5 Å². The smallest absolute Gasteiger partial charge is 0.478 e. The number of aromatic carboxylic acids is 1. The number of rotatable bonds is 4. The van der Waals surface area contributed by atoms with Crippen molar-refractivity contribution in [1.29, 1.82) is 0 Å². The molecule has 0 aliphatic carbocycles. The Morgan fingerprint density at radius 3 is 1.93 bits per heavy atom. The van der Waals surface area contributed by atoms with Crippen LogP contribution < -0.4 is 0 Å². The molecule has 17 heteroatoms. The number of aryl methyl sites for hydroxylation is 1. The number of hydrogen-bond acceptors (Lipinski definition) is 7. The van der Waals surface area contributed by atoms with Crippen molar-refractivity contribution >= 4 is 17.9 Å². The molecule has 3 aromatic rings. The minimum atomic E-state index is -5.08. The Morgan fingerprint density at radius 2 is 1.48 bits per heavy atom. The lowest BCUT2D eigenvalue weighted by atomic mass is 9.93. The van der Waals surface area contributed by atoms with E-state index in [4.69, 9.17) is 19.8 Å². The summed E-state index contributed by atoms with van der Waals surface area (Å²) in [6.07, 6.45) is -2.44. The molecule has 0 bridgehead atoms. The zero-order chi connectivity index (χ0) is 30.3. The minimum Gasteiger partial charge on any atom is -0.478 e. The molecule has 0 fully saturated rings. The number of aromatic nitrogens is 4. The average molecular weight is 577 g/mol. The summed E-state index contributed by atoms with van der Waals surface area (Å²) in [7, 11) is 1.79. The molecule has 1 aliphatic rings. The van der Waals surface area contributed by atoms with Gasteiger partial charge in [-0.3, -0.25) is 19.5 Å². The number of alkyl halides is 6. The van der Waals surface area contributed by atoms with Crippen molar-refractivity contribution in [2.24, 2.45) is 7.05 Å². The molecule has 3 N–H and O–H groups in total. The summed E-state index contributed by atoms with van der Waals surface area (Å²) in [6, 6.07) is 5.80. The molecule has 4 rings (SSSR count). The highest BCUT2D eigenvalue weighted by Gasteiger charge is 2.38. The fourth-order valence-corrected chi connectivity index (χ4v) is 3.51. The van der Waals surface area contributed by atoms with E-state index in [0.717, 1.165) is 24.2 Å². The van der Waals surface area contributed by atoms with Crippen molar-refractivity contribution < 1.29 is 56.0 Å². The number of halogens is 6. The zero-order valence-corrected chi connectivity index (χ0v) is 20.4. The fraction of sp³-hybridized carbons (Fsp3) is 0.304. The average Bonchev–Trinajstić information content (AvgIpc) is 3.29. The van der Waals surface area contributed by atoms with E-state index in [1.165, 1.54) is 5.56 Å². The predicted octanol–water partition coefficient (Wildman–Crippen LogP) is 3.40. The Hall–Kier alpha value is -4.54. The predicted molar refractivity (Wildman–Crippen MR) is 123 cm³/mol. The molecule has 0 spiro atoms. The number of aliphatic carboxylic acids is 2. The first-order valence-corrected chi connectivity index (χ1v) is 11.0. The molecule has 0 unspecified atom stereocenters. The van der Waals surface area contributed by atoms with E-state index < -0.39 is 30.3 Å². The molecule has 0 aromatic carbocycles. The number of pyridine rings is 2. The maximum absolute atomic E-state index is 12.0. The number of carboxylic acids is 3. The van der Waals surface area contributed by atoms with Gasteiger partial charge in [0.05, 0.1) is 11.3 Å². The maximum Gasteiger partial charge on any atom is 0.490 e. The molecule has 0 saturated carbocycles. The van der Waals surface area contributed by atoms with Crippen LogP contribution in [0, 0.1) is 0 Å². The quantitative estimate of drug-likeness (QED) is 0.393. The molecular formula is C23H21F6N5O6. The van der Waals surface area contributed by atoms with Crippen molar-refractivity contribution in [2.45, 2.75) is 31.9 Å². The van der Waals surface area contributed by atoms with E-state index in [1.54, 1.807) is 36.4 Å². The van der Waals surface area contributed by atoms with Crippen LogP contribution in [-0.2, 0) is 36.1 Å². The van der Waals surface area contributed by atoms with Gasteiger partial charge in [-0.05, 0) is 41.3 Å². The van der Waals surface area contributed by atoms with Crippen molar-refractivity contribution in [1.82, 2.24) is 24.6 Å². The van der Waals surface area contributed by atoms with Gasteiger partial charge in [-0.15, -0.1) is 0 Å². The van der Waals surface area contributed by atoms with E-state index >= 15 is 0 Å². The first kappa shape index (κ1) is 31.7. The monoisotopic (exact) mass is 577 g/mol. The highest BCUT2D eigenvalue weighted by Crippen LogP contribution is 2.30. The highest BCUT2D eigenvalue weighted by atomic mass is 19.4. The van der Waals surface area contributed by atoms with Crippen LogP contribution in [0.1, 0.15) is 27.0 Å². The Kier molecular flexibility index (Phi) is 10.3. The van der Waals surface area contributed by atoms with Gasteiger partial charge < -0.3 is 15.3 Å². The van der Waals surface area contributed by atoms with Gasteiger partial charge >= 0.3 is 30.3 Å². The molecule has 4 heterocycles. The Labute approximate surface area is 221 Å². The summed E-state index contributed by atoms with van der Waals surface area (Å²) in [4.78, 5) is 40.6. The lowest BCUT2D eigenvalue weighted by Gasteiger charge is -2.29. The Balaban J connectivity index is 0.000000333. The lowest BCUT2D eigenvalue weighted by molar-refractivity contribution is -0.193. The third-order valence-corrected chi connectivity index (χ3v) is 5.27. The zero-order valence-electron chi connectivity index (χ0n) is 20.4. The largest absolute Gasteiger partial charge is 0.490 e. The van der Waals surface area contributed by atoms with Crippen molar-refractivity contribution in [3.8, 4) is 11.4 Å². The van der Waals surface area contributed by atoms with Crippen molar-refractivity contribution in [2.75, 3.05) is 6.54 Å². The van der Waals surface area contributed by atoms with Crippen LogP contribution in [0.5, 0.6) is 0 Å². The molecule has 0 atom stereocenters. The molecule has 216 valence electrons. The Morgan fingerprint density at radius 1 is 0.925 bits per heavy atom. The molecule has 0 radical (unpaired) electrons. The van der Waals surface area contributed by atoms with Crippen molar-refractivity contribution in [3.05, 3.63) is 65.2 Å². The van der Waals surface area contributed by atoms with Crippen molar-refractivity contribution in [3.63, 3.8) is 0 Å². The van der Waals surface area contributed by atoms with Gasteiger partial charge in [0.15, 0.2) is 0 Å². The second-order valence-electron chi connectivity index (χ2n) is 8.05. The fourth-order valence-electron chi connectivity index (χ4n) is 3.51. The summed E-state index contributed by atoms with van der Waals surface area (Å²) in [5, 5.41) is 28.2. The number of hydrogen-bond donors (Lipinski definition) is 3. The SMILES string of the molecule is Cn1nccc1-c1ncc2c(c1C(=O)O)CCN(Cc1ccncc1)C2.O=C(O)C(F)(F)F.O=C(O)C(F)(F)F. The number of nitrogens with zero attached hydrogens (tertiary/aromatic N) is 5. The van der Waals surface area contributed by atoms with Crippen LogP contribution >= 0.6 is 0 Å². The van der Waals surface area contributed by atoms with E-state index in [1.807, 2.05) is 18.3 Å². The molecule has 40 heavy (non-hydrogen) atoms. The molecule has 11 nitrogen and oxygen atoms in total. The van der Waals surface area contributed by atoms with Gasteiger partial charge in [0.2, 0.25) is 0 Å². The summed E-state index contributed by atoms with van der Waals surface area (Å²) < 4.78 is 65.1. The molecule has 3 aromatic heterocycles. The summed E-state index contributed by atoms with van der Waals surface area (Å²) in [5.41, 5.74) is 4.56. The molecule has 1 aliphatic heterocycles. The van der Waals surface area contributed by atoms with E-state index in [-0.39, 0.29) is 0 Å². The van der Waals surface area contributed by atoms with E-state index in [0.29, 0.717) is 29.9 Å². The minimum absolute atomic E-state index is 0.301. The van der Waals surface area contributed by atoms with Gasteiger partial charge in [-0.1, -0.05) is 0 Å². The van der Waals surface area contributed by atoms with Crippen LogP contribution in [0.15, 0.2) is 43.0 Å².